The van der Waals surface area contributed by atoms with Gasteiger partial charge in [0.1, 0.15) is 0 Å². The Kier molecular flexibility index (Phi) is 7.47. The van der Waals surface area contributed by atoms with Crippen molar-refractivity contribution in [3.63, 3.8) is 0 Å². The fourth-order valence-electron chi connectivity index (χ4n) is 2.54. The van der Waals surface area contributed by atoms with E-state index in [1.54, 1.807) is 0 Å². The lowest BCUT2D eigenvalue weighted by Crippen LogP contribution is -1.93. The molecule has 2 rings (SSSR count). The molecule has 0 aliphatic carbocycles. The second-order valence-electron chi connectivity index (χ2n) is 6.02. The summed E-state index contributed by atoms with van der Waals surface area (Å²) in [5.41, 5.74) is 3.15. The lowest BCUT2D eigenvalue weighted by atomic mass is 9.95. The van der Waals surface area contributed by atoms with Gasteiger partial charge < -0.3 is 0 Å². The highest BCUT2D eigenvalue weighted by atomic mass is 79.9. The molecule has 1 atom stereocenters. The van der Waals surface area contributed by atoms with Crippen LogP contribution in [-0.2, 0) is 0 Å². The van der Waals surface area contributed by atoms with Gasteiger partial charge in [-0.3, -0.25) is 0 Å². The lowest BCUT2D eigenvalue weighted by molar-refractivity contribution is 0.580. The summed E-state index contributed by atoms with van der Waals surface area (Å²) in [7, 11) is 0. The molecule has 0 N–H and O–H groups in total. The summed E-state index contributed by atoms with van der Waals surface area (Å²) in [4.78, 5) is 0. The Morgan fingerprint density at radius 1 is 0.826 bits per heavy atom. The highest BCUT2D eigenvalue weighted by molar-refractivity contribution is 9.10. The summed E-state index contributed by atoms with van der Waals surface area (Å²) in [6, 6.07) is 16.3. The number of halogens is 1. The highest BCUT2D eigenvalue weighted by Crippen LogP contribution is 2.25. The van der Waals surface area contributed by atoms with Crippen LogP contribution in [0.4, 0.5) is 11.4 Å². The van der Waals surface area contributed by atoms with Crippen molar-refractivity contribution in [2.24, 2.45) is 10.2 Å². The third-order valence-corrected chi connectivity index (χ3v) is 4.59. The third kappa shape index (κ3) is 6.26. The fourth-order valence-corrected chi connectivity index (χ4v) is 2.80. The van der Waals surface area contributed by atoms with Gasteiger partial charge in [0.25, 0.3) is 0 Å². The topological polar surface area (TPSA) is 24.7 Å². The van der Waals surface area contributed by atoms with Crippen molar-refractivity contribution in [2.45, 2.75) is 51.9 Å². The molecule has 0 aliphatic heterocycles. The second kappa shape index (κ2) is 9.61. The molecule has 0 aliphatic rings. The van der Waals surface area contributed by atoms with Crippen LogP contribution in [0, 0.1) is 0 Å². The summed E-state index contributed by atoms with van der Waals surface area (Å²) in [6.45, 7) is 4.56. The molecule has 0 aromatic heterocycles. The van der Waals surface area contributed by atoms with E-state index in [1.807, 2.05) is 24.3 Å². The first-order valence-electron chi connectivity index (χ1n) is 8.46. The molecule has 0 spiro atoms. The zero-order valence-electron chi connectivity index (χ0n) is 14.0. The first-order chi connectivity index (χ1) is 11.2. The zero-order valence-corrected chi connectivity index (χ0v) is 15.6. The van der Waals surface area contributed by atoms with E-state index in [1.165, 1.54) is 37.7 Å². The number of hydrogen-bond acceptors (Lipinski definition) is 2. The minimum Gasteiger partial charge on any atom is -0.151 e. The summed E-state index contributed by atoms with van der Waals surface area (Å²) in [5.74, 6) is 0.615. The summed E-state index contributed by atoms with van der Waals surface area (Å²) < 4.78 is 1.05. The van der Waals surface area contributed by atoms with Crippen molar-refractivity contribution >= 4 is 27.3 Å². The predicted octanol–water partition coefficient (Wildman–Crippen LogP) is 7.94. The molecule has 2 aromatic rings. The number of azo groups is 1. The Labute approximate surface area is 148 Å². The standard InChI is InChI=1S/C20H25BrN2/c1-3-4-5-6-7-16(2)17-8-12-19(13-9-17)22-23-20-14-10-18(21)11-15-20/h8-16H,3-7H2,1-2H3. The van der Waals surface area contributed by atoms with Crippen molar-refractivity contribution < 1.29 is 0 Å². The molecular weight excluding hydrogens is 348 g/mol. The lowest BCUT2D eigenvalue weighted by Gasteiger charge is -2.11. The average Bonchev–Trinajstić information content (AvgIpc) is 2.58. The van der Waals surface area contributed by atoms with Gasteiger partial charge in [-0.05, 0) is 54.3 Å². The third-order valence-electron chi connectivity index (χ3n) is 4.06. The smallest absolute Gasteiger partial charge is 0.0857 e. The molecule has 1 unspecified atom stereocenters. The fraction of sp³-hybridized carbons (Fsp3) is 0.400. The van der Waals surface area contributed by atoms with Crippen LogP contribution in [0.2, 0.25) is 0 Å². The number of rotatable bonds is 8. The molecule has 2 aromatic carbocycles. The van der Waals surface area contributed by atoms with Crippen LogP contribution in [0.5, 0.6) is 0 Å². The minimum absolute atomic E-state index is 0.615. The highest BCUT2D eigenvalue weighted by Gasteiger charge is 2.05. The van der Waals surface area contributed by atoms with Crippen molar-refractivity contribution in [1.29, 1.82) is 0 Å². The monoisotopic (exact) mass is 372 g/mol. The number of benzene rings is 2. The van der Waals surface area contributed by atoms with E-state index < -0.39 is 0 Å². The van der Waals surface area contributed by atoms with E-state index in [2.05, 4.69) is 64.3 Å². The SMILES string of the molecule is CCCCCCC(C)c1ccc(N=Nc2ccc(Br)cc2)cc1. The number of unbranched alkanes of at least 4 members (excludes halogenated alkanes) is 3. The predicted molar refractivity (Wildman–Crippen MR) is 102 cm³/mol. The van der Waals surface area contributed by atoms with Gasteiger partial charge in [0.2, 0.25) is 0 Å². The molecule has 0 fully saturated rings. The minimum atomic E-state index is 0.615. The van der Waals surface area contributed by atoms with Crippen LogP contribution >= 0.6 is 15.9 Å². The Morgan fingerprint density at radius 3 is 1.96 bits per heavy atom. The van der Waals surface area contributed by atoms with E-state index in [0.29, 0.717) is 5.92 Å². The molecule has 0 bridgehead atoms. The first kappa shape index (κ1) is 17.9. The molecule has 23 heavy (non-hydrogen) atoms. The van der Waals surface area contributed by atoms with Crippen LogP contribution in [0.25, 0.3) is 0 Å². The van der Waals surface area contributed by atoms with Gasteiger partial charge in [-0.15, -0.1) is 0 Å². The maximum atomic E-state index is 4.30. The second-order valence-corrected chi connectivity index (χ2v) is 6.93. The maximum Gasteiger partial charge on any atom is 0.0857 e. The van der Waals surface area contributed by atoms with Gasteiger partial charge in [-0.2, -0.15) is 10.2 Å². The van der Waals surface area contributed by atoms with Gasteiger partial charge in [0.15, 0.2) is 0 Å². The molecule has 0 amide bonds. The van der Waals surface area contributed by atoms with Crippen molar-refractivity contribution in [2.75, 3.05) is 0 Å². The van der Waals surface area contributed by atoms with E-state index >= 15 is 0 Å². The van der Waals surface area contributed by atoms with Gasteiger partial charge in [-0.1, -0.05) is 67.6 Å². The molecule has 0 saturated carbocycles. The molecule has 122 valence electrons. The van der Waals surface area contributed by atoms with Crippen LogP contribution in [-0.4, -0.2) is 0 Å². The van der Waals surface area contributed by atoms with Gasteiger partial charge in [0.05, 0.1) is 11.4 Å². The normalized spacial score (nSPS) is 12.7. The molecular formula is C20H25BrN2. The van der Waals surface area contributed by atoms with Gasteiger partial charge in [-0.25, -0.2) is 0 Å². The Bertz CT molecular complexity index is 603. The van der Waals surface area contributed by atoms with Crippen molar-refractivity contribution in [3.05, 3.63) is 58.6 Å². The van der Waals surface area contributed by atoms with Crippen LogP contribution in [0.15, 0.2) is 63.2 Å². The number of hydrogen-bond donors (Lipinski definition) is 0. The van der Waals surface area contributed by atoms with E-state index in [0.717, 1.165) is 15.8 Å². The summed E-state index contributed by atoms with van der Waals surface area (Å²) >= 11 is 3.42. The van der Waals surface area contributed by atoms with Crippen LogP contribution < -0.4 is 0 Å². The average molecular weight is 373 g/mol. The first-order valence-corrected chi connectivity index (χ1v) is 9.25. The van der Waals surface area contributed by atoms with Gasteiger partial charge in [0, 0.05) is 4.47 Å². The van der Waals surface area contributed by atoms with E-state index in [4.69, 9.17) is 0 Å². The Morgan fingerprint density at radius 2 is 1.39 bits per heavy atom. The van der Waals surface area contributed by atoms with E-state index in [-0.39, 0.29) is 0 Å². The molecule has 3 heteroatoms. The molecule has 0 heterocycles. The van der Waals surface area contributed by atoms with E-state index in [9.17, 15) is 0 Å². The zero-order chi connectivity index (χ0) is 16.5. The summed E-state index contributed by atoms with van der Waals surface area (Å²) in [6.07, 6.45) is 6.58. The largest absolute Gasteiger partial charge is 0.151 e. The summed E-state index contributed by atoms with van der Waals surface area (Å²) in [5, 5.41) is 8.57. The molecule has 0 radical (unpaired) electrons. The Balaban J connectivity index is 1.89. The van der Waals surface area contributed by atoms with Crippen molar-refractivity contribution in [1.82, 2.24) is 0 Å². The van der Waals surface area contributed by atoms with Crippen LogP contribution in [0.3, 0.4) is 0 Å². The molecule has 0 saturated heterocycles. The quantitative estimate of drug-likeness (QED) is 0.331. The maximum absolute atomic E-state index is 4.30. The van der Waals surface area contributed by atoms with Gasteiger partial charge >= 0.3 is 0 Å². The van der Waals surface area contributed by atoms with Crippen LogP contribution in [0.1, 0.15) is 57.4 Å². The number of nitrogens with zero attached hydrogens (tertiary/aromatic N) is 2. The Hall–Kier alpha value is -1.48. The van der Waals surface area contributed by atoms with Crippen molar-refractivity contribution in [3.8, 4) is 0 Å². The molecule has 2 nitrogen and oxygen atoms in total.